The van der Waals surface area contributed by atoms with E-state index in [0.29, 0.717) is 45.4 Å². The molecule has 0 spiro atoms. The molecule has 0 unspecified atom stereocenters. The van der Waals surface area contributed by atoms with Crippen LogP contribution in [0.4, 0.5) is 45.5 Å². The summed E-state index contributed by atoms with van der Waals surface area (Å²) in [6.45, 7) is 0. The predicted molar refractivity (Wildman–Crippen MR) is 279 cm³/mol. The van der Waals surface area contributed by atoms with Gasteiger partial charge in [0.2, 0.25) is 0 Å². The van der Waals surface area contributed by atoms with Crippen LogP contribution < -0.4 is 44.6 Å². The topological polar surface area (TPSA) is 243 Å². The molecule has 0 aliphatic carbocycles. The van der Waals surface area contributed by atoms with E-state index in [4.69, 9.17) is 28.7 Å². The molecule has 8 aromatic carbocycles. The maximum atomic E-state index is 12.4. The molecule has 10 aromatic rings. The highest BCUT2D eigenvalue weighted by atomic mass is 16.2. The summed E-state index contributed by atoms with van der Waals surface area (Å²) in [5.74, 6) is -0.585. The van der Waals surface area contributed by atoms with Gasteiger partial charge in [-0.3, -0.25) is 19.4 Å². The number of aromatic nitrogens is 2. The number of pyridine rings is 2. The fourth-order valence-corrected chi connectivity index (χ4v) is 6.70. The third kappa shape index (κ3) is 12.7. The van der Waals surface area contributed by atoms with E-state index in [-0.39, 0.29) is 17.7 Å². The Morgan fingerprint density at radius 1 is 0.353 bits per heavy atom. The van der Waals surface area contributed by atoms with Gasteiger partial charge in [0.15, 0.2) is 0 Å². The second-order valence-electron chi connectivity index (χ2n) is 15.2. The molecule has 0 fully saturated rings. The molecule has 336 valence electrons. The number of fused-ring (bicyclic) bond motifs is 3. The van der Waals surface area contributed by atoms with Crippen LogP contribution in [-0.2, 0) is 0 Å². The first kappa shape index (κ1) is 46.2. The lowest BCUT2D eigenvalue weighted by Gasteiger charge is -2.08. The highest BCUT2D eigenvalue weighted by Crippen LogP contribution is 2.22. The number of nitrogen functional groups attached to an aromatic ring is 5. The second kappa shape index (κ2) is 22.2. The van der Waals surface area contributed by atoms with Crippen molar-refractivity contribution in [1.29, 1.82) is 0 Å². The summed E-state index contributed by atoms with van der Waals surface area (Å²) in [5.41, 5.74) is 35.5. The summed E-state index contributed by atoms with van der Waals surface area (Å²) < 4.78 is 0. The maximum absolute atomic E-state index is 12.4. The predicted octanol–water partition coefficient (Wildman–Crippen LogP) is 10.7. The van der Waals surface area contributed by atoms with Crippen LogP contribution in [0.25, 0.3) is 32.4 Å². The van der Waals surface area contributed by atoms with Crippen LogP contribution in [0.2, 0.25) is 0 Å². The molecular weight excluding hydrogens is 849 g/mol. The van der Waals surface area contributed by atoms with Crippen molar-refractivity contribution >= 4 is 95.7 Å². The summed E-state index contributed by atoms with van der Waals surface area (Å²) in [6.07, 6.45) is 1.64. The molecular formula is C55H48N10O3. The van der Waals surface area contributed by atoms with Gasteiger partial charge in [0.1, 0.15) is 11.4 Å². The van der Waals surface area contributed by atoms with Gasteiger partial charge >= 0.3 is 0 Å². The van der Waals surface area contributed by atoms with E-state index in [1.807, 2.05) is 103 Å². The highest BCUT2D eigenvalue weighted by molar-refractivity contribution is 6.13. The van der Waals surface area contributed by atoms with Gasteiger partial charge in [-0.25, -0.2) is 4.98 Å². The highest BCUT2D eigenvalue weighted by Gasteiger charge is 2.13. The monoisotopic (exact) mass is 896 g/mol. The van der Waals surface area contributed by atoms with Crippen LogP contribution in [0, 0.1) is 0 Å². The summed E-state index contributed by atoms with van der Waals surface area (Å²) in [4.78, 5) is 45.4. The Kier molecular flexibility index (Phi) is 15.1. The number of nitrogens with one attached hydrogen (secondary N) is 3. The van der Waals surface area contributed by atoms with Crippen molar-refractivity contribution in [2.24, 2.45) is 0 Å². The summed E-state index contributed by atoms with van der Waals surface area (Å²) in [5, 5.41) is 13.3. The lowest BCUT2D eigenvalue weighted by Crippen LogP contribution is -2.14. The number of amides is 3. The third-order valence-electron chi connectivity index (χ3n) is 10.2. The van der Waals surface area contributed by atoms with Crippen molar-refractivity contribution in [2.75, 3.05) is 44.6 Å². The van der Waals surface area contributed by atoms with Crippen LogP contribution in [-0.4, -0.2) is 27.7 Å². The number of benzene rings is 8. The van der Waals surface area contributed by atoms with Crippen molar-refractivity contribution in [3.63, 3.8) is 0 Å². The standard InChI is InChI=1S/C17H14N2O.2C16H13N3O.C6H8N2/c18-13-8-10-14(11-9-13)19-17(20)16-7-3-5-12-4-1-2-6-15(12)16;17-12-6-8-13(9-7-12)18-16(20)15-10-5-11-3-1-2-4-14(11)19-15;17-12-5-7-13(8-6-12)19-16(20)15-14-4-2-1-3-11(14)9-10-18-15;7-5-1-2-6(8)4-3-5/h1-11H,18H2,(H,19,20);1-10H,17H2,(H,18,20);1-10H,17H2,(H,19,20);1-4H,7-8H2. The first-order chi connectivity index (χ1) is 33.0. The van der Waals surface area contributed by atoms with Crippen LogP contribution >= 0.6 is 0 Å². The second-order valence-corrected chi connectivity index (χ2v) is 15.2. The molecule has 10 rings (SSSR count). The van der Waals surface area contributed by atoms with E-state index in [9.17, 15) is 14.4 Å². The molecule has 2 heterocycles. The van der Waals surface area contributed by atoms with Gasteiger partial charge in [-0.15, -0.1) is 0 Å². The molecule has 0 aliphatic heterocycles. The molecule has 0 saturated carbocycles. The van der Waals surface area contributed by atoms with Gasteiger partial charge in [-0.1, -0.05) is 84.9 Å². The fourth-order valence-electron chi connectivity index (χ4n) is 6.70. The van der Waals surface area contributed by atoms with Crippen LogP contribution in [0.15, 0.2) is 212 Å². The van der Waals surface area contributed by atoms with Crippen LogP contribution in [0.1, 0.15) is 31.3 Å². The number of para-hydroxylation sites is 1. The molecule has 13 nitrogen and oxygen atoms in total. The Balaban J connectivity index is 0.000000140. The lowest BCUT2D eigenvalue weighted by molar-refractivity contribution is 0.101. The average molecular weight is 897 g/mol. The zero-order valence-electron chi connectivity index (χ0n) is 36.7. The van der Waals surface area contributed by atoms with Crippen molar-refractivity contribution in [3.05, 3.63) is 229 Å². The number of carbonyl (C=O) groups excluding carboxylic acids is 3. The minimum Gasteiger partial charge on any atom is -0.399 e. The Labute approximate surface area is 392 Å². The number of hydrogen-bond donors (Lipinski definition) is 8. The van der Waals surface area contributed by atoms with E-state index < -0.39 is 0 Å². The van der Waals surface area contributed by atoms with E-state index in [1.165, 1.54) is 0 Å². The van der Waals surface area contributed by atoms with Crippen LogP contribution in [0.5, 0.6) is 0 Å². The molecule has 13 heteroatoms. The van der Waals surface area contributed by atoms with Gasteiger partial charge in [0, 0.05) is 68.0 Å². The van der Waals surface area contributed by atoms with Crippen molar-refractivity contribution in [2.45, 2.75) is 0 Å². The molecule has 0 aliphatic rings. The van der Waals surface area contributed by atoms with E-state index in [1.54, 1.807) is 109 Å². The number of rotatable bonds is 6. The van der Waals surface area contributed by atoms with E-state index in [0.717, 1.165) is 49.5 Å². The van der Waals surface area contributed by atoms with Crippen molar-refractivity contribution in [3.8, 4) is 0 Å². The SMILES string of the molecule is Nc1ccc(N)cc1.Nc1ccc(NC(=O)c2ccc3ccccc3n2)cc1.Nc1ccc(NC(=O)c2cccc3ccccc23)cc1.Nc1ccc(NC(=O)c2nccc3ccccc23)cc1. The largest absolute Gasteiger partial charge is 0.399 e. The first-order valence-corrected chi connectivity index (χ1v) is 21.3. The number of hydrogen-bond acceptors (Lipinski definition) is 10. The molecule has 68 heavy (non-hydrogen) atoms. The average Bonchev–Trinajstić information content (AvgIpc) is 3.37. The van der Waals surface area contributed by atoms with Crippen molar-refractivity contribution in [1.82, 2.24) is 9.97 Å². The molecule has 2 aromatic heterocycles. The summed E-state index contributed by atoms with van der Waals surface area (Å²) in [7, 11) is 0. The molecule has 0 bridgehead atoms. The fraction of sp³-hybridized carbons (Fsp3) is 0. The summed E-state index contributed by atoms with van der Waals surface area (Å²) >= 11 is 0. The van der Waals surface area contributed by atoms with Crippen molar-refractivity contribution < 1.29 is 14.4 Å². The molecule has 13 N–H and O–H groups in total. The Morgan fingerprint density at radius 3 is 1.31 bits per heavy atom. The van der Waals surface area contributed by atoms with Gasteiger partial charge < -0.3 is 44.6 Å². The number of anilines is 8. The molecule has 3 amide bonds. The smallest absolute Gasteiger partial charge is 0.274 e. The Morgan fingerprint density at radius 2 is 0.765 bits per heavy atom. The minimum atomic E-state index is -0.236. The Hall–Kier alpha value is -9.75. The lowest BCUT2D eigenvalue weighted by atomic mass is 10.0. The molecule has 0 atom stereocenters. The molecule has 0 saturated heterocycles. The minimum absolute atomic E-state index is 0.119. The van der Waals surface area contributed by atoms with Gasteiger partial charge in [0.05, 0.1) is 5.52 Å². The van der Waals surface area contributed by atoms with E-state index >= 15 is 0 Å². The third-order valence-corrected chi connectivity index (χ3v) is 10.2. The zero-order valence-corrected chi connectivity index (χ0v) is 36.7. The molecule has 0 radical (unpaired) electrons. The maximum Gasteiger partial charge on any atom is 0.274 e. The normalized spacial score (nSPS) is 10.2. The number of nitrogens with zero attached hydrogens (tertiary/aromatic N) is 2. The first-order valence-electron chi connectivity index (χ1n) is 21.3. The van der Waals surface area contributed by atoms with Gasteiger partial charge in [-0.05, 0) is 137 Å². The van der Waals surface area contributed by atoms with Crippen LogP contribution in [0.3, 0.4) is 0 Å². The van der Waals surface area contributed by atoms with E-state index in [2.05, 4.69) is 25.9 Å². The Bertz CT molecular complexity index is 3130. The number of nitrogens with two attached hydrogens (primary N) is 5. The number of carbonyl (C=O) groups is 3. The quantitative estimate of drug-likeness (QED) is 0.0734. The van der Waals surface area contributed by atoms with Gasteiger partial charge in [-0.2, -0.15) is 0 Å². The van der Waals surface area contributed by atoms with Gasteiger partial charge in [0.25, 0.3) is 17.7 Å². The summed E-state index contributed by atoms with van der Waals surface area (Å²) in [6, 6.07) is 62.6. The zero-order chi connectivity index (χ0) is 47.8.